The number of ether oxygens (including phenoxy) is 1. The average Bonchev–Trinajstić information content (AvgIpc) is 2.51. The molecule has 0 bridgehead atoms. The molecule has 0 aliphatic carbocycles. The number of aliphatic imine (C=N–C) groups is 1. The van der Waals surface area contributed by atoms with Gasteiger partial charge in [0.2, 0.25) is 5.91 Å². The van der Waals surface area contributed by atoms with Crippen molar-refractivity contribution in [3.8, 4) is 0 Å². The van der Waals surface area contributed by atoms with Crippen LogP contribution in [0.4, 0.5) is 5.69 Å². The molecular weight excluding hydrogens is 268 g/mol. The maximum atomic E-state index is 11.8. The van der Waals surface area contributed by atoms with Gasteiger partial charge in [-0.2, -0.15) is 0 Å². The summed E-state index contributed by atoms with van der Waals surface area (Å²) in [5.41, 5.74) is 0.781. The van der Waals surface area contributed by atoms with E-state index in [2.05, 4.69) is 20.9 Å². The van der Waals surface area contributed by atoms with Crippen molar-refractivity contribution in [2.24, 2.45) is 4.99 Å². The first-order chi connectivity index (χ1) is 10.3. The molecule has 6 heteroatoms. The minimum Gasteiger partial charge on any atom is -0.382 e. The van der Waals surface area contributed by atoms with Crippen LogP contribution in [0, 0.1) is 0 Å². The normalized spacial score (nSPS) is 11.0. The first-order valence-electron chi connectivity index (χ1n) is 7.13. The van der Waals surface area contributed by atoms with Crippen LogP contribution >= 0.6 is 0 Å². The van der Waals surface area contributed by atoms with E-state index in [4.69, 9.17) is 4.74 Å². The van der Waals surface area contributed by atoms with Gasteiger partial charge in [-0.25, -0.2) is 0 Å². The van der Waals surface area contributed by atoms with Crippen molar-refractivity contribution in [1.82, 2.24) is 10.6 Å². The van der Waals surface area contributed by atoms with Gasteiger partial charge in [0.05, 0.1) is 6.54 Å². The van der Waals surface area contributed by atoms with Crippen molar-refractivity contribution in [2.45, 2.75) is 13.3 Å². The van der Waals surface area contributed by atoms with E-state index in [1.165, 1.54) is 0 Å². The quantitative estimate of drug-likeness (QED) is 0.382. The molecule has 6 nitrogen and oxygen atoms in total. The SMILES string of the molecule is CCOCCCNC(=NC)NCC(=O)Nc1ccccc1. The lowest BCUT2D eigenvalue weighted by Gasteiger charge is -2.12. The van der Waals surface area contributed by atoms with Gasteiger partial charge in [0, 0.05) is 32.5 Å². The second-order valence-corrected chi connectivity index (χ2v) is 4.32. The molecule has 0 atom stereocenters. The zero-order valence-corrected chi connectivity index (χ0v) is 12.7. The monoisotopic (exact) mass is 292 g/mol. The predicted octanol–water partition coefficient (Wildman–Crippen LogP) is 1.22. The molecule has 0 saturated carbocycles. The molecule has 3 N–H and O–H groups in total. The Labute approximate surface area is 126 Å². The number of hydrogen-bond acceptors (Lipinski definition) is 3. The number of anilines is 1. The maximum absolute atomic E-state index is 11.8. The Morgan fingerprint density at radius 3 is 2.67 bits per heavy atom. The third-order valence-electron chi connectivity index (χ3n) is 2.66. The number of nitrogens with zero attached hydrogens (tertiary/aromatic N) is 1. The number of guanidine groups is 1. The first kappa shape index (κ1) is 17.0. The molecule has 1 rings (SSSR count). The molecular formula is C15H24N4O2. The summed E-state index contributed by atoms with van der Waals surface area (Å²) in [7, 11) is 1.67. The summed E-state index contributed by atoms with van der Waals surface area (Å²) in [4.78, 5) is 15.8. The van der Waals surface area contributed by atoms with Crippen molar-refractivity contribution in [3.05, 3.63) is 30.3 Å². The van der Waals surface area contributed by atoms with Crippen LogP contribution in [0.3, 0.4) is 0 Å². The zero-order chi connectivity index (χ0) is 15.3. The molecule has 0 heterocycles. The van der Waals surface area contributed by atoms with E-state index in [9.17, 15) is 4.79 Å². The molecule has 1 amide bonds. The zero-order valence-electron chi connectivity index (χ0n) is 12.7. The number of amides is 1. The van der Waals surface area contributed by atoms with Gasteiger partial charge < -0.3 is 20.7 Å². The Bertz CT molecular complexity index is 435. The van der Waals surface area contributed by atoms with E-state index in [1.54, 1.807) is 7.05 Å². The Kier molecular flexibility index (Phi) is 8.63. The fourth-order valence-electron chi connectivity index (χ4n) is 1.64. The lowest BCUT2D eigenvalue weighted by atomic mass is 10.3. The molecule has 0 unspecified atom stereocenters. The van der Waals surface area contributed by atoms with Crippen LogP contribution in [0.25, 0.3) is 0 Å². The van der Waals surface area contributed by atoms with E-state index in [0.29, 0.717) is 5.96 Å². The Balaban J connectivity index is 2.20. The molecule has 0 aromatic heterocycles. The number of benzene rings is 1. The molecule has 0 aliphatic heterocycles. The van der Waals surface area contributed by atoms with Gasteiger partial charge >= 0.3 is 0 Å². The molecule has 0 aliphatic rings. The van der Waals surface area contributed by atoms with Gasteiger partial charge in [-0.1, -0.05) is 18.2 Å². The minimum absolute atomic E-state index is 0.113. The maximum Gasteiger partial charge on any atom is 0.243 e. The summed E-state index contributed by atoms with van der Waals surface area (Å²) >= 11 is 0. The second-order valence-electron chi connectivity index (χ2n) is 4.32. The predicted molar refractivity (Wildman–Crippen MR) is 85.5 cm³/mol. The van der Waals surface area contributed by atoms with E-state index in [1.807, 2.05) is 37.3 Å². The summed E-state index contributed by atoms with van der Waals surface area (Å²) in [5.74, 6) is 0.494. The summed E-state index contributed by atoms with van der Waals surface area (Å²) in [6.07, 6.45) is 0.894. The fraction of sp³-hybridized carbons (Fsp3) is 0.467. The number of carbonyl (C=O) groups excluding carboxylic acids is 1. The van der Waals surface area contributed by atoms with Crippen LogP contribution in [0.2, 0.25) is 0 Å². The summed E-state index contributed by atoms with van der Waals surface area (Å²) < 4.78 is 5.25. The van der Waals surface area contributed by atoms with Gasteiger partial charge in [-0.05, 0) is 25.5 Å². The van der Waals surface area contributed by atoms with Gasteiger partial charge in [-0.15, -0.1) is 0 Å². The van der Waals surface area contributed by atoms with Crippen LogP contribution in [0.15, 0.2) is 35.3 Å². The standard InChI is InChI=1S/C15H24N4O2/c1-3-21-11-7-10-17-15(16-2)18-12-14(20)19-13-8-5-4-6-9-13/h4-6,8-9H,3,7,10-12H2,1-2H3,(H,19,20)(H2,16,17,18). The highest BCUT2D eigenvalue weighted by molar-refractivity contribution is 5.94. The number of hydrogen-bond donors (Lipinski definition) is 3. The Morgan fingerprint density at radius 2 is 2.00 bits per heavy atom. The van der Waals surface area contributed by atoms with E-state index in [-0.39, 0.29) is 12.5 Å². The van der Waals surface area contributed by atoms with Crippen LogP contribution in [0.1, 0.15) is 13.3 Å². The van der Waals surface area contributed by atoms with Gasteiger partial charge in [0.15, 0.2) is 5.96 Å². The molecule has 1 aromatic carbocycles. The lowest BCUT2D eigenvalue weighted by molar-refractivity contribution is -0.115. The highest BCUT2D eigenvalue weighted by Gasteiger charge is 2.03. The van der Waals surface area contributed by atoms with E-state index in [0.717, 1.165) is 31.9 Å². The number of rotatable bonds is 8. The molecule has 0 radical (unpaired) electrons. The average molecular weight is 292 g/mol. The van der Waals surface area contributed by atoms with Crippen molar-refractivity contribution >= 4 is 17.6 Å². The summed E-state index contributed by atoms with van der Waals surface area (Å²) in [6, 6.07) is 9.35. The molecule has 0 saturated heterocycles. The Morgan fingerprint density at radius 1 is 1.24 bits per heavy atom. The van der Waals surface area contributed by atoms with Crippen molar-refractivity contribution in [2.75, 3.05) is 38.7 Å². The number of para-hydroxylation sites is 1. The van der Waals surface area contributed by atoms with Crippen molar-refractivity contribution in [3.63, 3.8) is 0 Å². The third-order valence-corrected chi connectivity index (χ3v) is 2.66. The number of carbonyl (C=O) groups is 1. The summed E-state index contributed by atoms with van der Waals surface area (Å²) in [6.45, 7) is 4.33. The van der Waals surface area contributed by atoms with Gasteiger partial charge in [-0.3, -0.25) is 9.79 Å². The lowest BCUT2D eigenvalue weighted by Crippen LogP contribution is -2.41. The second kappa shape index (κ2) is 10.7. The van der Waals surface area contributed by atoms with E-state index < -0.39 is 0 Å². The van der Waals surface area contributed by atoms with Gasteiger partial charge in [0.1, 0.15) is 0 Å². The molecule has 21 heavy (non-hydrogen) atoms. The van der Waals surface area contributed by atoms with E-state index >= 15 is 0 Å². The highest BCUT2D eigenvalue weighted by Crippen LogP contribution is 2.03. The smallest absolute Gasteiger partial charge is 0.243 e. The van der Waals surface area contributed by atoms with Crippen LogP contribution in [-0.2, 0) is 9.53 Å². The van der Waals surface area contributed by atoms with Crippen molar-refractivity contribution in [1.29, 1.82) is 0 Å². The van der Waals surface area contributed by atoms with Crippen LogP contribution < -0.4 is 16.0 Å². The largest absolute Gasteiger partial charge is 0.382 e. The minimum atomic E-state index is -0.113. The highest BCUT2D eigenvalue weighted by atomic mass is 16.5. The Hall–Kier alpha value is -2.08. The molecule has 0 spiro atoms. The number of nitrogens with one attached hydrogen (secondary N) is 3. The van der Waals surface area contributed by atoms with Crippen LogP contribution in [-0.4, -0.2) is 45.2 Å². The molecule has 1 aromatic rings. The fourth-order valence-corrected chi connectivity index (χ4v) is 1.64. The molecule has 0 fully saturated rings. The topological polar surface area (TPSA) is 74.8 Å². The first-order valence-corrected chi connectivity index (χ1v) is 7.13. The van der Waals surface area contributed by atoms with Gasteiger partial charge in [0.25, 0.3) is 0 Å². The summed E-state index contributed by atoms with van der Waals surface area (Å²) in [5, 5.41) is 8.89. The van der Waals surface area contributed by atoms with Crippen molar-refractivity contribution < 1.29 is 9.53 Å². The third kappa shape index (κ3) is 7.94. The van der Waals surface area contributed by atoms with Crippen LogP contribution in [0.5, 0.6) is 0 Å². The molecule has 116 valence electrons.